The molecule has 0 unspecified atom stereocenters. The maximum absolute atomic E-state index is 13.5. The molecule has 0 fully saturated rings. The summed E-state index contributed by atoms with van der Waals surface area (Å²) in [6, 6.07) is 13.1. The van der Waals surface area contributed by atoms with Gasteiger partial charge in [0.1, 0.15) is 0 Å². The van der Waals surface area contributed by atoms with Gasteiger partial charge in [-0.15, -0.1) is 0 Å². The molecular weight excluding hydrogens is 394 g/mol. The predicted octanol–water partition coefficient (Wildman–Crippen LogP) is 5.29. The van der Waals surface area contributed by atoms with Crippen LogP contribution in [0.25, 0.3) is 0 Å². The highest BCUT2D eigenvalue weighted by Crippen LogP contribution is 2.45. The van der Waals surface area contributed by atoms with Gasteiger partial charge in [-0.25, -0.2) is 0 Å². The summed E-state index contributed by atoms with van der Waals surface area (Å²) < 4.78 is 0. The molecule has 0 radical (unpaired) electrons. The first-order chi connectivity index (χ1) is 15.0. The molecule has 0 aromatic heterocycles. The summed E-state index contributed by atoms with van der Waals surface area (Å²) in [7, 11) is 0. The Morgan fingerprint density at radius 3 is 2.61 bits per heavy atom. The topological polar surface area (TPSA) is 92.6 Å². The maximum atomic E-state index is 13.5. The number of carbonyl (C=O) groups is 2. The van der Waals surface area contributed by atoms with E-state index >= 15 is 0 Å². The number of non-ortho nitro benzene ring substituents is 1. The number of para-hydroxylation sites is 2. The van der Waals surface area contributed by atoms with Crippen molar-refractivity contribution in [1.29, 1.82) is 0 Å². The Hall–Kier alpha value is -3.48. The summed E-state index contributed by atoms with van der Waals surface area (Å²) >= 11 is 0. The highest BCUT2D eigenvalue weighted by atomic mass is 16.6. The van der Waals surface area contributed by atoms with Crippen molar-refractivity contribution >= 4 is 28.8 Å². The second-order valence-electron chi connectivity index (χ2n) is 7.93. The van der Waals surface area contributed by atoms with Gasteiger partial charge >= 0.3 is 0 Å². The van der Waals surface area contributed by atoms with Crippen molar-refractivity contribution in [3.63, 3.8) is 0 Å². The summed E-state index contributed by atoms with van der Waals surface area (Å²) in [5.74, 6) is -0.0511. The number of hydrogen-bond acceptors (Lipinski definition) is 5. The van der Waals surface area contributed by atoms with Crippen LogP contribution in [-0.2, 0) is 9.59 Å². The van der Waals surface area contributed by atoms with Crippen LogP contribution in [0.1, 0.15) is 57.1 Å². The Balaban J connectivity index is 1.92. The van der Waals surface area contributed by atoms with Crippen molar-refractivity contribution in [3.05, 3.63) is 75.5 Å². The Bertz CT molecular complexity index is 1060. The molecule has 31 heavy (non-hydrogen) atoms. The second kappa shape index (κ2) is 8.71. The minimum Gasteiger partial charge on any atom is -0.357 e. The zero-order chi connectivity index (χ0) is 22.0. The van der Waals surface area contributed by atoms with Crippen LogP contribution in [0.2, 0.25) is 0 Å². The van der Waals surface area contributed by atoms with Gasteiger partial charge < -0.3 is 5.32 Å². The van der Waals surface area contributed by atoms with Crippen LogP contribution in [0.4, 0.5) is 17.1 Å². The number of unbranched alkanes of at least 4 members (excludes halogenated alkanes) is 1. The number of nitro benzene ring substituents is 1. The lowest BCUT2D eigenvalue weighted by molar-refractivity contribution is -0.384. The van der Waals surface area contributed by atoms with Gasteiger partial charge in [-0.3, -0.25) is 24.6 Å². The average molecular weight is 419 g/mol. The second-order valence-corrected chi connectivity index (χ2v) is 7.93. The molecule has 4 rings (SSSR count). The van der Waals surface area contributed by atoms with Crippen LogP contribution >= 0.6 is 0 Å². The van der Waals surface area contributed by atoms with E-state index in [-0.39, 0.29) is 17.4 Å². The van der Waals surface area contributed by atoms with Crippen LogP contribution < -0.4 is 10.2 Å². The number of nitrogens with one attached hydrogen (secondary N) is 1. The number of nitrogens with zero attached hydrogens (tertiary/aromatic N) is 2. The number of nitro groups is 1. The van der Waals surface area contributed by atoms with Crippen molar-refractivity contribution < 1.29 is 14.5 Å². The zero-order valence-electron chi connectivity index (χ0n) is 17.5. The highest BCUT2D eigenvalue weighted by Gasteiger charge is 2.39. The minimum absolute atomic E-state index is 0.0122. The van der Waals surface area contributed by atoms with Crippen molar-refractivity contribution in [2.45, 2.75) is 51.5 Å². The highest BCUT2D eigenvalue weighted by molar-refractivity contribution is 6.06. The van der Waals surface area contributed by atoms with Crippen molar-refractivity contribution in [2.75, 3.05) is 10.2 Å². The first kappa shape index (κ1) is 20.8. The first-order valence-corrected chi connectivity index (χ1v) is 10.7. The number of allylic oxidation sites excluding steroid dienone is 1. The predicted molar refractivity (Wildman–Crippen MR) is 119 cm³/mol. The van der Waals surface area contributed by atoms with E-state index in [1.54, 1.807) is 17.0 Å². The maximum Gasteiger partial charge on any atom is 0.269 e. The lowest BCUT2D eigenvalue weighted by Crippen LogP contribution is -2.37. The van der Waals surface area contributed by atoms with Gasteiger partial charge in [0.25, 0.3) is 5.69 Å². The summed E-state index contributed by atoms with van der Waals surface area (Å²) in [4.78, 5) is 39.0. The summed E-state index contributed by atoms with van der Waals surface area (Å²) in [5, 5.41) is 14.6. The standard InChI is InChI=1S/C24H25N3O4/c1-2-3-11-22(29)26-20-9-5-4-7-18(20)25-19-8-6-10-21(28)23(19)24(26)16-12-14-17(15-13-16)27(30)31/h4-5,7,9,12-15,24-25H,2-3,6,8,10-11H2,1H3/t24-/m1/s1. The number of carbonyl (C=O) groups excluding carboxylic acids is 2. The number of anilines is 2. The molecule has 1 atom stereocenters. The average Bonchev–Trinajstić information content (AvgIpc) is 2.92. The molecule has 1 aliphatic heterocycles. The molecule has 2 aliphatic rings. The molecule has 2 aromatic rings. The molecule has 1 aliphatic carbocycles. The van der Waals surface area contributed by atoms with Crippen LogP contribution in [-0.4, -0.2) is 16.6 Å². The van der Waals surface area contributed by atoms with E-state index in [1.807, 2.05) is 31.2 Å². The number of benzene rings is 2. The Labute approximate surface area is 180 Å². The lowest BCUT2D eigenvalue weighted by atomic mass is 9.85. The number of fused-ring (bicyclic) bond motifs is 1. The van der Waals surface area contributed by atoms with Crippen LogP contribution in [0.5, 0.6) is 0 Å². The molecule has 0 bridgehead atoms. The smallest absolute Gasteiger partial charge is 0.269 e. The molecule has 0 saturated carbocycles. The van der Waals surface area contributed by atoms with E-state index in [1.165, 1.54) is 12.1 Å². The zero-order valence-corrected chi connectivity index (χ0v) is 17.5. The third kappa shape index (κ3) is 3.95. The Morgan fingerprint density at radius 2 is 1.90 bits per heavy atom. The van der Waals surface area contributed by atoms with Gasteiger partial charge in [0.05, 0.1) is 22.3 Å². The quantitative estimate of drug-likeness (QED) is 0.525. The molecule has 1 N–H and O–H groups in total. The fourth-order valence-electron chi connectivity index (χ4n) is 4.35. The monoisotopic (exact) mass is 419 g/mol. The number of ketones is 1. The number of amides is 1. The molecule has 160 valence electrons. The molecule has 2 aromatic carbocycles. The summed E-state index contributed by atoms with van der Waals surface area (Å²) in [5.41, 5.74) is 3.59. The molecule has 0 saturated heterocycles. The van der Waals surface area contributed by atoms with Gasteiger partial charge in [0, 0.05) is 36.2 Å². The Kier molecular flexibility index (Phi) is 5.84. The van der Waals surface area contributed by atoms with E-state index in [0.29, 0.717) is 29.7 Å². The number of hydrogen-bond donors (Lipinski definition) is 1. The van der Waals surface area contributed by atoms with Gasteiger partial charge in [0.15, 0.2) is 5.78 Å². The normalized spacial score (nSPS) is 18.0. The first-order valence-electron chi connectivity index (χ1n) is 10.7. The molecule has 1 heterocycles. The molecule has 0 spiro atoms. The van der Waals surface area contributed by atoms with Gasteiger partial charge in [-0.05, 0) is 49.1 Å². The van der Waals surface area contributed by atoms with Crippen LogP contribution in [0.3, 0.4) is 0 Å². The van der Waals surface area contributed by atoms with E-state index in [4.69, 9.17) is 0 Å². The van der Waals surface area contributed by atoms with Gasteiger partial charge in [0.2, 0.25) is 5.91 Å². The van der Waals surface area contributed by atoms with Crippen LogP contribution in [0.15, 0.2) is 59.8 Å². The van der Waals surface area contributed by atoms with E-state index in [2.05, 4.69) is 5.32 Å². The van der Waals surface area contributed by atoms with Crippen LogP contribution in [0, 0.1) is 10.1 Å². The van der Waals surface area contributed by atoms with Crippen molar-refractivity contribution in [3.8, 4) is 0 Å². The SMILES string of the molecule is CCCCC(=O)N1c2ccccc2NC2=C(C(=O)CCC2)[C@H]1c1ccc([N+](=O)[O-])cc1. The molecule has 7 nitrogen and oxygen atoms in total. The van der Waals surface area contributed by atoms with Crippen molar-refractivity contribution in [1.82, 2.24) is 0 Å². The molecular formula is C24H25N3O4. The third-order valence-electron chi connectivity index (χ3n) is 5.87. The minimum atomic E-state index is -0.621. The van der Waals surface area contributed by atoms with E-state index in [9.17, 15) is 19.7 Å². The van der Waals surface area contributed by atoms with Crippen molar-refractivity contribution in [2.24, 2.45) is 0 Å². The number of rotatable bonds is 5. The fourth-order valence-corrected chi connectivity index (χ4v) is 4.35. The fraction of sp³-hybridized carbons (Fsp3) is 0.333. The third-order valence-corrected chi connectivity index (χ3v) is 5.87. The summed E-state index contributed by atoms with van der Waals surface area (Å²) in [6.45, 7) is 2.03. The van der Waals surface area contributed by atoms with E-state index in [0.717, 1.165) is 37.1 Å². The lowest BCUT2D eigenvalue weighted by Gasteiger charge is -2.34. The number of Topliss-reactive ketones (excluding diaryl/α,β-unsaturated/α-hetero) is 1. The van der Waals surface area contributed by atoms with Gasteiger partial charge in [-0.2, -0.15) is 0 Å². The largest absolute Gasteiger partial charge is 0.357 e. The van der Waals surface area contributed by atoms with E-state index < -0.39 is 11.0 Å². The molecule has 1 amide bonds. The summed E-state index contributed by atoms with van der Waals surface area (Å²) in [6.07, 6.45) is 3.90. The molecule has 7 heteroatoms. The Morgan fingerprint density at radius 1 is 1.16 bits per heavy atom. The van der Waals surface area contributed by atoms with Gasteiger partial charge in [-0.1, -0.05) is 25.5 Å².